The van der Waals surface area contributed by atoms with Crippen LogP contribution in [0.3, 0.4) is 0 Å². The van der Waals surface area contributed by atoms with Crippen LogP contribution in [0.5, 0.6) is 11.5 Å². The summed E-state index contributed by atoms with van der Waals surface area (Å²) in [5, 5.41) is 0. The van der Waals surface area contributed by atoms with E-state index in [2.05, 4.69) is 29.2 Å². The predicted molar refractivity (Wildman–Crippen MR) is 106 cm³/mol. The Morgan fingerprint density at radius 3 is 2.70 bits per heavy atom. The van der Waals surface area contributed by atoms with Gasteiger partial charge in [0.25, 0.3) is 0 Å². The van der Waals surface area contributed by atoms with Crippen molar-refractivity contribution in [2.24, 2.45) is 10.9 Å². The third kappa shape index (κ3) is 2.97. The van der Waals surface area contributed by atoms with Gasteiger partial charge >= 0.3 is 0 Å². The van der Waals surface area contributed by atoms with Gasteiger partial charge in [-0.1, -0.05) is 12.1 Å². The van der Waals surface area contributed by atoms with Crippen molar-refractivity contribution >= 4 is 11.4 Å². The summed E-state index contributed by atoms with van der Waals surface area (Å²) in [5.74, 6) is 2.14. The van der Waals surface area contributed by atoms with E-state index in [-0.39, 0.29) is 0 Å². The van der Waals surface area contributed by atoms with Crippen LogP contribution in [0.15, 0.2) is 65.9 Å². The Hall–Kier alpha value is -3.14. The Morgan fingerprint density at radius 2 is 1.85 bits per heavy atom. The summed E-state index contributed by atoms with van der Waals surface area (Å²) in [4.78, 5) is 9.06. The Morgan fingerprint density at radius 1 is 0.963 bits per heavy atom. The number of benzene rings is 2. The quantitative estimate of drug-likeness (QED) is 0.687. The van der Waals surface area contributed by atoms with Crippen molar-refractivity contribution in [1.82, 2.24) is 4.98 Å². The minimum atomic E-state index is 0.307. The number of aromatic nitrogens is 1. The lowest BCUT2D eigenvalue weighted by atomic mass is 9.90. The third-order valence-electron chi connectivity index (χ3n) is 5.38. The number of methoxy groups -OCH3 is 1. The molecular formula is C23H20N2O2. The number of ether oxygens (including phenoxy) is 2. The number of pyridine rings is 1. The van der Waals surface area contributed by atoms with Crippen LogP contribution in [0.25, 0.3) is 11.1 Å². The summed E-state index contributed by atoms with van der Waals surface area (Å²) < 4.78 is 11.4. The Kier molecular flexibility index (Phi) is 3.89. The normalized spacial score (nSPS) is 17.5. The number of fused-ring (bicyclic) bond motifs is 2. The molecule has 1 atom stereocenters. The molecule has 0 bridgehead atoms. The van der Waals surface area contributed by atoms with Gasteiger partial charge in [0.05, 0.1) is 19.4 Å². The van der Waals surface area contributed by atoms with Gasteiger partial charge in [-0.25, -0.2) is 0 Å². The van der Waals surface area contributed by atoms with E-state index in [9.17, 15) is 0 Å². The van der Waals surface area contributed by atoms with Crippen molar-refractivity contribution in [3.8, 4) is 22.6 Å². The molecule has 5 rings (SSSR count). The molecule has 0 amide bonds. The molecule has 3 aromatic rings. The Balaban J connectivity index is 1.41. The third-order valence-corrected chi connectivity index (χ3v) is 5.38. The molecule has 0 fully saturated rings. The maximum Gasteiger partial charge on any atom is 0.122 e. The molecule has 1 unspecified atom stereocenters. The first-order valence-corrected chi connectivity index (χ1v) is 9.20. The maximum atomic E-state index is 6.00. The SMILES string of the molecule is COc1ccc2c(c1)CC(C1=Nc3cc(-c4ccncc4)ccc3C1)CO2. The van der Waals surface area contributed by atoms with Crippen LogP contribution in [0.4, 0.5) is 5.69 Å². The number of rotatable bonds is 3. The second-order valence-corrected chi connectivity index (χ2v) is 7.05. The average Bonchev–Trinajstić information content (AvgIpc) is 3.17. The minimum absolute atomic E-state index is 0.307. The van der Waals surface area contributed by atoms with Gasteiger partial charge in [0.1, 0.15) is 11.5 Å². The van der Waals surface area contributed by atoms with Gasteiger partial charge in [-0.3, -0.25) is 9.98 Å². The van der Waals surface area contributed by atoms with Crippen LogP contribution < -0.4 is 9.47 Å². The fraction of sp³-hybridized carbons (Fsp3) is 0.217. The van der Waals surface area contributed by atoms with Gasteiger partial charge in [-0.2, -0.15) is 0 Å². The van der Waals surface area contributed by atoms with Gasteiger partial charge in [-0.15, -0.1) is 0 Å². The molecule has 3 heterocycles. The molecule has 0 N–H and O–H groups in total. The van der Waals surface area contributed by atoms with Crippen LogP contribution in [-0.4, -0.2) is 24.4 Å². The summed E-state index contributed by atoms with van der Waals surface area (Å²) in [7, 11) is 1.70. The van der Waals surface area contributed by atoms with E-state index in [1.54, 1.807) is 7.11 Å². The summed E-state index contributed by atoms with van der Waals surface area (Å²) in [6.07, 6.45) is 5.49. The minimum Gasteiger partial charge on any atom is -0.497 e. The van der Waals surface area contributed by atoms with Crippen molar-refractivity contribution in [1.29, 1.82) is 0 Å². The second kappa shape index (κ2) is 6.54. The summed E-state index contributed by atoms with van der Waals surface area (Å²) in [6, 6.07) is 16.6. The molecule has 4 heteroatoms. The molecule has 27 heavy (non-hydrogen) atoms. The van der Waals surface area contributed by atoms with Crippen molar-refractivity contribution in [2.75, 3.05) is 13.7 Å². The highest BCUT2D eigenvalue weighted by Crippen LogP contribution is 2.37. The van der Waals surface area contributed by atoms with Crippen molar-refractivity contribution in [3.63, 3.8) is 0 Å². The molecule has 2 aliphatic rings. The van der Waals surface area contributed by atoms with Crippen molar-refractivity contribution in [2.45, 2.75) is 12.8 Å². The molecule has 0 spiro atoms. The van der Waals surface area contributed by atoms with Crippen LogP contribution in [0.2, 0.25) is 0 Å². The summed E-state index contributed by atoms with van der Waals surface area (Å²) in [5.41, 5.74) is 7.12. The van der Waals surface area contributed by atoms with E-state index in [0.29, 0.717) is 12.5 Å². The lowest BCUT2D eigenvalue weighted by Gasteiger charge is -2.25. The largest absolute Gasteiger partial charge is 0.497 e. The van der Waals surface area contributed by atoms with E-state index in [1.165, 1.54) is 28.0 Å². The van der Waals surface area contributed by atoms with Crippen LogP contribution in [0.1, 0.15) is 11.1 Å². The molecule has 2 aliphatic heterocycles. The Bertz CT molecular complexity index is 1030. The van der Waals surface area contributed by atoms with E-state index in [4.69, 9.17) is 14.5 Å². The fourth-order valence-corrected chi connectivity index (χ4v) is 3.88. The molecule has 134 valence electrons. The van der Waals surface area contributed by atoms with Gasteiger partial charge in [0, 0.05) is 30.4 Å². The molecule has 0 saturated carbocycles. The van der Waals surface area contributed by atoms with Crippen molar-refractivity contribution in [3.05, 3.63) is 72.1 Å². The highest BCUT2D eigenvalue weighted by atomic mass is 16.5. The van der Waals surface area contributed by atoms with E-state index in [0.717, 1.165) is 30.0 Å². The number of nitrogens with zero attached hydrogens (tertiary/aromatic N) is 2. The molecule has 0 aliphatic carbocycles. The topological polar surface area (TPSA) is 43.7 Å². The fourth-order valence-electron chi connectivity index (χ4n) is 3.88. The second-order valence-electron chi connectivity index (χ2n) is 7.05. The van der Waals surface area contributed by atoms with Crippen LogP contribution >= 0.6 is 0 Å². The first-order chi connectivity index (χ1) is 13.3. The number of hydrogen-bond donors (Lipinski definition) is 0. The Labute approximate surface area is 158 Å². The zero-order valence-corrected chi connectivity index (χ0v) is 15.2. The highest BCUT2D eigenvalue weighted by molar-refractivity contribution is 5.96. The van der Waals surface area contributed by atoms with Crippen LogP contribution in [0, 0.1) is 5.92 Å². The van der Waals surface area contributed by atoms with Crippen LogP contribution in [-0.2, 0) is 12.8 Å². The average molecular weight is 356 g/mol. The maximum absolute atomic E-state index is 6.00. The molecule has 0 radical (unpaired) electrons. The number of aliphatic imine (C=N–C) groups is 1. The zero-order valence-electron chi connectivity index (χ0n) is 15.2. The first kappa shape index (κ1) is 16.1. The number of hydrogen-bond acceptors (Lipinski definition) is 4. The molecule has 0 saturated heterocycles. The molecule has 4 nitrogen and oxygen atoms in total. The molecule has 2 aromatic carbocycles. The smallest absolute Gasteiger partial charge is 0.122 e. The zero-order chi connectivity index (χ0) is 18.2. The molecular weight excluding hydrogens is 336 g/mol. The van der Waals surface area contributed by atoms with E-state index >= 15 is 0 Å². The first-order valence-electron chi connectivity index (χ1n) is 9.20. The van der Waals surface area contributed by atoms with Gasteiger partial charge in [0.2, 0.25) is 0 Å². The van der Waals surface area contributed by atoms with Gasteiger partial charge in [-0.05, 0) is 65.1 Å². The molecule has 1 aromatic heterocycles. The standard InChI is InChI=1S/C23H20N2O2/c1-26-20-4-5-23-18(11-20)10-19(14-27-23)22-13-17-3-2-16(12-21(17)25-22)15-6-8-24-9-7-15/h2-9,11-12,19H,10,13-14H2,1H3. The van der Waals surface area contributed by atoms with Crippen molar-refractivity contribution < 1.29 is 9.47 Å². The summed E-state index contributed by atoms with van der Waals surface area (Å²) >= 11 is 0. The lowest BCUT2D eigenvalue weighted by molar-refractivity contribution is 0.257. The lowest BCUT2D eigenvalue weighted by Crippen LogP contribution is -2.28. The van der Waals surface area contributed by atoms with E-state index < -0.39 is 0 Å². The monoisotopic (exact) mass is 356 g/mol. The predicted octanol–water partition coefficient (Wildman–Crippen LogP) is 4.64. The highest BCUT2D eigenvalue weighted by Gasteiger charge is 2.28. The van der Waals surface area contributed by atoms with Gasteiger partial charge < -0.3 is 9.47 Å². The van der Waals surface area contributed by atoms with Gasteiger partial charge in [0.15, 0.2) is 0 Å². The summed E-state index contributed by atoms with van der Waals surface area (Å²) in [6.45, 7) is 0.684. The van der Waals surface area contributed by atoms with E-state index in [1.807, 2.05) is 36.7 Å².